The number of benzene rings is 1. The highest BCUT2D eigenvalue weighted by molar-refractivity contribution is 5.89. The van der Waals surface area contributed by atoms with E-state index in [4.69, 9.17) is 4.74 Å². The number of carbonyl (C=O) groups is 1. The van der Waals surface area contributed by atoms with E-state index in [1.807, 2.05) is 36.5 Å². The van der Waals surface area contributed by atoms with E-state index < -0.39 is 0 Å². The Morgan fingerprint density at radius 2 is 2.07 bits per heavy atom. The minimum atomic E-state index is -0.186. The Kier molecular flexibility index (Phi) is 6.84. The Bertz CT molecular complexity index is 711. The average molecular weight is 371 g/mol. The molecule has 146 valence electrons. The summed E-state index contributed by atoms with van der Waals surface area (Å²) in [6.07, 6.45) is 4.65. The molecule has 0 radical (unpaired) electrons. The van der Waals surface area contributed by atoms with Gasteiger partial charge in [-0.3, -0.25) is 4.90 Å². The number of hydrogen-bond acceptors (Lipinski definition) is 4. The maximum Gasteiger partial charge on any atom is 0.319 e. The maximum atomic E-state index is 12.4. The van der Waals surface area contributed by atoms with Crippen molar-refractivity contribution in [2.75, 3.05) is 38.2 Å². The summed E-state index contributed by atoms with van der Waals surface area (Å²) >= 11 is 0. The third-order valence-corrected chi connectivity index (χ3v) is 4.68. The number of carbonyl (C=O) groups excluding carboxylic acids is 1. The molecule has 2 amide bonds. The fraction of sp³-hybridized carbons (Fsp3) is 0.500. The van der Waals surface area contributed by atoms with Crippen LogP contribution in [0, 0.1) is 5.92 Å². The number of nitrogens with one attached hydrogen (secondary N) is 2. The molecule has 27 heavy (non-hydrogen) atoms. The van der Waals surface area contributed by atoms with Crippen molar-refractivity contribution >= 4 is 11.7 Å². The molecule has 0 bridgehead atoms. The molecule has 7 nitrogen and oxygen atoms in total. The van der Waals surface area contributed by atoms with Gasteiger partial charge in [-0.15, -0.1) is 0 Å². The zero-order valence-electron chi connectivity index (χ0n) is 16.1. The molecule has 7 heteroatoms. The van der Waals surface area contributed by atoms with Crippen molar-refractivity contribution < 1.29 is 9.53 Å². The second kappa shape index (κ2) is 9.53. The lowest BCUT2D eigenvalue weighted by Crippen LogP contribution is -2.49. The molecule has 1 aromatic carbocycles. The van der Waals surface area contributed by atoms with Gasteiger partial charge >= 0.3 is 6.03 Å². The molecule has 1 fully saturated rings. The van der Waals surface area contributed by atoms with Gasteiger partial charge in [0, 0.05) is 43.8 Å². The van der Waals surface area contributed by atoms with E-state index in [9.17, 15) is 4.79 Å². The number of ether oxygens (including phenoxy) is 1. The second-order valence-electron chi connectivity index (χ2n) is 7.27. The van der Waals surface area contributed by atoms with Crippen molar-refractivity contribution in [2.24, 2.45) is 5.92 Å². The van der Waals surface area contributed by atoms with Gasteiger partial charge in [-0.2, -0.15) is 5.10 Å². The van der Waals surface area contributed by atoms with Crippen LogP contribution < -0.4 is 10.6 Å². The molecule has 2 aromatic rings. The summed E-state index contributed by atoms with van der Waals surface area (Å²) in [6.45, 7) is 8.44. The molecule has 1 aromatic heterocycles. The predicted octanol–water partition coefficient (Wildman–Crippen LogP) is 2.74. The predicted molar refractivity (Wildman–Crippen MR) is 106 cm³/mol. The zero-order chi connectivity index (χ0) is 19.1. The van der Waals surface area contributed by atoms with Gasteiger partial charge in [0.15, 0.2) is 0 Å². The third kappa shape index (κ3) is 5.80. The fourth-order valence-electron chi connectivity index (χ4n) is 3.38. The van der Waals surface area contributed by atoms with Crippen molar-refractivity contribution in [3.05, 3.63) is 42.7 Å². The summed E-state index contributed by atoms with van der Waals surface area (Å²) in [4.78, 5) is 14.8. The highest BCUT2D eigenvalue weighted by atomic mass is 16.5. The van der Waals surface area contributed by atoms with E-state index in [1.54, 1.807) is 10.9 Å². The standard InChI is InChI=1S/C20H29N5O2/c1-16(2)13-19(24-9-11-27-12-10-24)15-21-20(26)23-17-5-3-6-18(14-17)25-8-4-7-22-25/h3-8,14,16,19H,9-13,15H2,1-2H3,(H2,21,23,26). The van der Waals surface area contributed by atoms with E-state index >= 15 is 0 Å². The number of urea groups is 1. The SMILES string of the molecule is CC(C)CC(CNC(=O)Nc1cccc(-n2cccn2)c1)N1CCOCC1. The van der Waals surface area contributed by atoms with Gasteiger partial charge < -0.3 is 15.4 Å². The van der Waals surface area contributed by atoms with Crippen molar-refractivity contribution in [1.82, 2.24) is 20.0 Å². The van der Waals surface area contributed by atoms with E-state index in [0.29, 0.717) is 18.5 Å². The summed E-state index contributed by atoms with van der Waals surface area (Å²) in [5.41, 5.74) is 1.65. The molecular formula is C20H29N5O2. The normalized spacial score (nSPS) is 16.3. The van der Waals surface area contributed by atoms with Crippen LogP contribution in [0.3, 0.4) is 0 Å². The van der Waals surface area contributed by atoms with Crippen molar-refractivity contribution in [1.29, 1.82) is 0 Å². The number of amides is 2. The van der Waals surface area contributed by atoms with E-state index in [1.165, 1.54) is 0 Å². The first kappa shape index (κ1) is 19.4. The molecule has 0 aliphatic carbocycles. The van der Waals surface area contributed by atoms with Crippen LogP contribution in [0.2, 0.25) is 0 Å². The van der Waals surface area contributed by atoms with E-state index in [0.717, 1.165) is 44.1 Å². The Labute approximate surface area is 160 Å². The van der Waals surface area contributed by atoms with Crippen LogP contribution in [0.5, 0.6) is 0 Å². The van der Waals surface area contributed by atoms with Gasteiger partial charge in [-0.1, -0.05) is 19.9 Å². The van der Waals surface area contributed by atoms with Crippen LogP contribution in [0.25, 0.3) is 5.69 Å². The number of hydrogen-bond donors (Lipinski definition) is 2. The van der Waals surface area contributed by atoms with Crippen LogP contribution >= 0.6 is 0 Å². The van der Waals surface area contributed by atoms with Crippen LogP contribution in [-0.2, 0) is 4.74 Å². The lowest BCUT2D eigenvalue weighted by Gasteiger charge is -2.35. The van der Waals surface area contributed by atoms with Gasteiger partial charge in [-0.25, -0.2) is 9.48 Å². The first-order valence-electron chi connectivity index (χ1n) is 9.58. The Morgan fingerprint density at radius 3 is 2.78 bits per heavy atom. The first-order chi connectivity index (χ1) is 13.1. The molecule has 3 rings (SSSR count). The van der Waals surface area contributed by atoms with Gasteiger partial charge in [0.25, 0.3) is 0 Å². The molecule has 0 spiro atoms. The summed E-state index contributed by atoms with van der Waals surface area (Å²) < 4.78 is 7.22. The number of aromatic nitrogens is 2. The first-order valence-corrected chi connectivity index (χ1v) is 9.58. The summed E-state index contributed by atoms with van der Waals surface area (Å²) in [6, 6.07) is 9.65. The summed E-state index contributed by atoms with van der Waals surface area (Å²) in [5.74, 6) is 0.577. The monoisotopic (exact) mass is 371 g/mol. The Morgan fingerprint density at radius 1 is 1.26 bits per heavy atom. The lowest BCUT2D eigenvalue weighted by atomic mass is 10.0. The topological polar surface area (TPSA) is 71.4 Å². The third-order valence-electron chi connectivity index (χ3n) is 4.68. The summed E-state index contributed by atoms with van der Waals surface area (Å²) in [5, 5.41) is 10.2. The molecule has 1 unspecified atom stereocenters. The quantitative estimate of drug-likeness (QED) is 0.785. The molecule has 2 N–H and O–H groups in total. The fourth-order valence-corrected chi connectivity index (χ4v) is 3.38. The number of nitrogens with zero attached hydrogens (tertiary/aromatic N) is 3. The van der Waals surface area contributed by atoms with E-state index in [-0.39, 0.29) is 6.03 Å². The Hall–Kier alpha value is -2.38. The molecule has 1 aliphatic rings. The maximum absolute atomic E-state index is 12.4. The number of morpholine rings is 1. The Balaban J connectivity index is 1.55. The van der Waals surface area contributed by atoms with Crippen molar-refractivity contribution in [3.8, 4) is 5.69 Å². The minimum Gasteiger partial charge on any atom is -0.379 e. The molecule has 2 heterocycles. The minimum absolute atomic E-state index is 0.186. The molecule has 0 saturated carbocycles. The average Bonchev–Trinajstić information content (AvgIpc) is 3.21. The lowest BCUT2D eigenvalue weighted by molar-refractivity contribution is 0.0130. The second-order valence-corrected chi connectivity index (χ2v) is 7.27. The van der Waals surface area contributed by atoms with Gasteiger partial charge in [0.2, 0.25) is 0 Å². The van der Waals surface area contributed by atoms with Crippen LogP contribution in [0.15, 0.2) is 42.7 Å². The highest BCUT2D eigenvalue weighted by Crippen LogP contribution is 2.15. The highest BCUT2D eigenvalue weighted by Gasteiger charge is 2.22. The number of rotatable bonds is 7. The van der Waals surface area contributed by atoms with E-state index in [2.05, 4.69) is 34.5 Å². The van der Waals surface area contributed by atoms with Crippen LogP contribution in [-0.4, -0.2) is 59.6 Å². The van der Waals surface area contributed by atoms with Crippen molar-refractivity contribution in [2.45, 2.75) is 26.3 Å². The number of anilines is 1. The van der Waals surface area contributed by atoms with Gasteiger partial charge in [-0.05, 0) is 36.6 Å². The molecule has 1 atom stereocenters. The molecular weight excluding hydrogens is 342 g/mol. The molecule has 1 saturated heterocycles. The van der Waals surface area contributed by atoms with Gasteiger partial charge in [0.1, 0.15) is 0 Å². The zero-order valence-corrected chi connectivity index (χ0v) is 16.1. The smallest absolute Gasteiger partial charge is 0.319 e. The van der Waals surface area contributed by atoms with Crippen molar-refractivity contribution in [3.63, 3.8) is 0 Å². The molecule has 1 aliphatic heterocycles. The van der Waals surface area contributed by atoms with Crippen LogP contribution in [0.4, 0.5) is 10.5 Å². The van der Waals surface area contributed by atoms with Gasteiger partial charge in [0.05, 0.1) is 18.9 Å². The summed E-state index contributed by atoms with van der Waals surface area (Å²) in [7, 11) is 0. The van der Waals surface area contributed by atoms with Crippen LogP contribution in [0.1, 0.15) is 20.3 Å². The largest absolute Gasteiger partial charge is 0.379 e.